The van der Waals surface area contributed by atoms with Gasteiger partial charge in [-0.25, -0.2) is 4.98 Å². The van der Waals surface area contributed by atoms with Gasteiger partial charge in [0.25, 0.3) is 0 Å². The number of ether oxygens (including phenoxy) is 1. The summed E-state index contributed by atoms with van der Waals surface area (Å²) in [5.41, 5.74) is 8.77. The Morgan fingerprint density at radius 1 is 1.20 bits per heavy atom. The largest absolute Gasteiger partial charge is 0.497 e. The molecule has 4 nitrogen and oxygen atoms in total. The third-order valence-electron chi connectivity index (χ3n) is 4.67. The number of nitrogens with zero attached hydrogens (tertiary/aromatic N) is 2. The lowest BCUT2D eigenvalue weighted by atomic mass is 9.95. The molecule has 0 aliphatic carbocycles. The molecule has 132 valence electrons. The predicted molar refractivity (Wildman–Crippen MR) is 106 cm³/mol. The number of fused-ring (bicyclic) bond motifs is 1. The summed E-state index contributed by atoms with van der Waals surface area (Å²) in [7, 11) is 1.69. The topological polar surface area (TPSA) is 51.4 Å². The van der Waals surface area contributed by atoms with Crippen molar-refractivity contribution in [3.8, 4) is 5.75 Å². The fraction of sp³-hybridized carbons (Fsp3) is 0.316. The molecule has 1 aliphatic heterocycles. The number of benzene rings is 2. The Labute approximate surface area is 158 Å². The smallest absolute Gasteiger partial charge is 0.120 e. The van der Waals surface area contributed by atoms with E-state index in [-0.39, 0.29) is 18.4 Å². The SMILES string of the molecule is COc1ccc2nc(CN3C[C@@H](N)[C@H](c4ccccc4)C3)sc2c1.Cl. The van der Waals surface area contributed by atoms with Crippen LogP contribution < -0.4 is 10.5 Å². The van der Waals surface area contributed by atoms with Gasteiger partial charge in [0.1, 0.15) is 10.8 Å². The number of hydrogen-bond acceptors (Lipinski definition) is 5. The molecule has 6 heteroatoms. The predicted octanol–water partition coefficient (Wildman–Crippen LogP) is 3.65. The fourth-order valence-electron chi connectivity index (χ4n) is 3.43. The zero-order chi connectivity index (χ0) is 16.5. The highest BCUT2D eigenvalue weighted by Crippen LogP contribution is 2.30. The Hall–Kier alpha value is -1.66. The van der Waals surface area contributed by atoms with E-state index >= 15 is 0 Å². The summed E-state index contributed by atoms with van der Waals surface area (Å²) in [5, 5.41) is 1.14. The Kier molecular flexibility index (Phi) is 5.59. The first-order valence-electron chi connectivity index (χ1n) is 8.19. The molecule has 3 aromatic rings. The molecule has 4 rings (SSSR count). The minimum Gasteiger partial charge on any atom is -0.497 e. The van der Waals surface area contributed by atoms with Crippen LogP contribution in [0.3, 0.4) is 0 Å². The molecule has 0 saturated carbocycles. The third kappa shape index (κ3) is 3.80. The van der Waals surface area contributed by atoms with E-state index in [1.807, 2.05) is 12.1 Å². The second-order valence-corrected chi connectivity index (χ2v) is 7.43. The van der Waals surface area contributed by atoms with Crippen LogP contribution in [0.2, 0.25) is 0 Å². The molecule has 2 N–H and O–H groups in total. The average molecular weight is 376 g/mol. The highest BCUT2D eigenvalue weighted by atomic mass is 35.5. The van der Waals surface area contributed by atoms with Crippen molar-refractivity contribution in [2.24, 2.45) is 5.73 Å². The molecular weight excluding hydrogens is 354 g/mol. The van der Waals surface area contributed by atoms with Crippen molar-refractivity contribution >= 4 is 34.0 Å². The van der Waals surface area contributed by atoms with Gasteiger partial charge in [-0.1, -0.05) is 30.3 Å². The van der Waals surface area contributed by atoms with E-state index in [1.54, 1.807) is 18.4 Å². The van der Waals surface area contributed by atoms with Crippen LogP contribution in [0.5, 0.6) is 5.75 Å². The van der Waals surface area contributed by atoms with E-state index in [1.165, 1.54) is 10.3 Å². The number of methoxy groups -OCH3 is 1. The van der Waals surface area contributed by atoms with E-state index in [0.29, 0.717) is 5.92 Å². The minimum atomic E-state index is 0. The second-order valence-electron chi connectivity index (χ2n) is 6.32. The molecule has 0 unspecified atom stereocenters. The molecule has 2 heterocycles. The van der Waals surface area contributed by atoms with Gasteiger partial charge in [-0.15, -0.1) is 23.7 Å². The van der Waals surface area contributed by atoms with Crippen LogP contribution in [0, 0.1) is 0 Å². The molecule has 0 bridgehead atoms. The zero-order valence-corrected chi connectivity index (χ0v) is 15.7. The monoisotopic (exact) mass is 375 g/mol. The van der Waals surface area contributed by atoms with Gasteiger partial charge >= 0.3 is 0 Å². The highest BCUT2D eigenvalue weighted by molar-refractivity contribution is 7.18. The number of likely N-dealkylation sites (tertiary alicyclic amines) is 1. The molecule has 0 radical (unpaired) electrons. The molecule has 2 atom stereocenters. The van der Waals surface area contributed by atoms with Gasteiger partial charge in [-0.05, 0) is 23.8 Å². The number of rotatable bonds is 4. The van der Waals surface area contributed by atoms with E-state index in [2.05, 4.69) is 41.3 Å². The lowest BCUT2D eigenvalue weighted by Gasteiger charge is -2.14. The van der Waals surface area contributed by atoms with Crippen LogP contribution >= 0.6 is 23.7 Å². The van der Waals surface area contributed by atoms with Gasteiger partial charge < -0.3 is 10.5 Å². The van der Waals surface area contributed by atoms with Gasteiger partial charge in [-0.3, -0.25) is 4.90 Å². The molecular formula is C19H22ClN3OS. The lowest BCUT2D eigenvalue weighted by molar-refractivity contribution is 0.323. The summed E-state index contributed by atoms with van der Waals surface area (Å²) < 4.78 is 6.47. The first-order valence-corrected chi connectivity index (χ1v) is 9.01. The highest BCUT2D eigenvalue weighted by Gasteiger charge is 2.31. The summed E-state index contributed by atoms with van der Waals surface area (Å²) in [6, 6.07) is 16.8. The first-order chi connectivity index (χ1) is 11.7. The van der Waals surface area contributed by atoms with Crippen LogP contribution in [0.4, 0.5) is 0 Å². The Balaban J connectivity index is 0.00000182. The van der Waals surface area contributed by atoms with Crippen LogP contribution in [-0.4, -0.2) is 36.1 Å². The first kappa shape index (κ1) is 18.1. The third-order valence-corrected chi connectivity index (χ3v) is 5.67. The minimum absolute atomic E-state index is 0. The number of aromatic nitrogens is 1. The summed E-state index contributed by atoms with van der Waals surface area (Å²) in [6.45, 7) is 2.77. The van der Waals surface area contributed by atoms with Crippen molar-refractivity contribution in [2.45, 2.75) is 18.5 Å². The van der Waals surface area contributed by atoms with E-state index in [0.717, 1.165) is 35.9 Å². The molecule has 0 amide bonds. The summed E-state index contributed by atoms with van der Waals surface area (Å²) in [5.74, 6) is 1.28. The van der Waals surface area contributed by atoms with Gasteiger partial charge in [0.05, 0.1) is 23.9 Å². The van der Waals surface area contributed by atoms with Crippen LogP contribution in [-0.2, 0) is 6.54 Å². The van der Waals surface area contributed by atoms with Gasteiger partial charge in [0.15, 0.2) is 0 Å². The Morgan fingerprint density at radius 2 is 2.00 bits per heavy atom. The molecule has 1 aromatic heterocycles. The van der Waals surface area contributed by atoms with Crippen molar-refractivity contribution in [1.29, 1.82) is 0 Å². The van der Waals surface area contributed by atoms with Crippen molar-refractivity contribution in [2.75, 3.05) is 20.2 Å². The maximum absolute atomic E-state index is 6.39. The zero-order valence-electron chi connectivity index (χ0n) is 14.1. The van der Waals surface area contributed by atoms with Crippen molar-refractivity contribution < 1.29 is 4.74 Å². The molecule has 25 heavy (non-hydrogen) atoms. The van der Waals surface area contributed by atoms with E-state index < -0.39 is 0 Å². The maximum Gasteiger partial charge on any atom is 0.120 e. The van der Waals surface area contributed by atoms with Gasteiger partial charge in [-0.2, -0.15) is 0 Å². The summed E-state index contributed by atoms with van der Waals surface area (Å²) in [4.78, 5) is 7.17. The van der Waals surface area contributed by atoms with Crippen molar-refractivity contribution in [1.82, 2.24) is 9.88 Å². The van der Waals surface area contributed by atoms with E-state index in [9.17, 15) is 0 Å². The van der Waals surface area contributed by atoms with Crippen LogP contribution in [0.1, 0.15) is 16.5 Å². The standard InChI is InChI=1S/C19H21N3OS.ClH/c1-23-14-7-8-17-18(9-14)24-19(21-17)12-22-10-15(16(20)11-22)13-5-3-2-4-6-13;/h2-9,15-16H,10-12,20H2,1H3;1H/t15-,16+;/m0./s1. The average Bonchev–Trinajstić information content (AvgIpc) is 3.17. The molecule has 1 fully saturated rings. The Morgan fingerprint density at radius 3 is 2.76 bits per heavy atom. The summed E-state index contributed by atoms with van der Waals surface area (Å²) in [6.07, 6.45) is 0. The fourth-order valence-corrected chi connectivity index (χ4v) is 4.47. The quantitative estimate of drug-likeness (QED) is 0.756. The number of hydrogen-bond donors (Lipinski definition) is 1. The van der Waals surface area contributed by atoms with Gasteiger partial charge in [0.2, 0.25) is 0 Å². The molecule has 0 spiro atoms. The Bertz CT molecular complexity index is 839. The normalized spacial score (nSPS) is 20.6. The van der Waals surface area contributed by atoms with Crippen molar-refractivity contribution in [3.63, 3.8) is 0 Å². The maximum atomic E-state index is 6.39. The number of halogens is 1. The van der Waals surface area contributed by atoms with Gasteiger partial charge in [0, 0.05) is 25.0 Å². The second kappa shape index (κ2) is 7.70. The molecule has 1 aliphatic rings. The molecule has 1 saturated heterocycles. The molecule has 2 aromatic carbocycles. The van der Waals surface area contributed by atoms with Crippen LogP contribution in [0.25, 0.3) is 10.2 Å². The number of nitrogens with two attached hydrogens (primary N) is 1. The lowest BCUT2D eigenvalue weighted by Crippen LogP contribution is -2.28. The van der Waals surface area contributed by atoms with E-state index in [4.69, 9.17) is 15.5 Å². The van der Waals surface area contributed by atoms with Crippen LogP contribution in [0.15, 0.2) is 48.5 Å². The summed E-state index contributed by atoms with van der Waals surface area (Å²) >= 11 is 1.74. The van der Waals surface area contributed by atoms with Crippen molar-refractivity contribution in [3.05, 3.63) is 59.1 Å². The number of thiazole rings is 1.